The summed E-state index contributed by atoms with van der Waals surface area (Å²) in [6, 6.07) is 7.71. The Balaban J connectivity index is 2.29. The minimum Gasteiger partial charge on any atom is -0.392 e. The highest BCUT2D eigenvalue weighted by Crippen LogP contribution is 2.33. The van der Waals surface area contributed by atoms with E-state index >= 15 is 0 Å². The van der Waals surface area contributed by atoms with Gasteiger partial charge < -0.3 is 5.11 Å². The first-order valence-corrected chi connectivity index (χ1v) is 9.39. The standard InChI is InChI=1S/C14H12ClF3N2O3S2/c15-11-3-4-12(24-13-9(8-21)2-1-5-19-13)10(6-11)7-20-25(22,23)14(16,17)18/h1-6,20-21H,7-8H2. The minimum atomic E-state index is -5.47. The normalized spacial score (nSPS) is 12.4. The number of aliphatic hydroxyl groups excluding tert-OH is 1. The number of alkyl halides is 3. The molecule has 0 saturated heterocycles. The zero-order valence-corrected chi connectivity index (χ0v) is 14.8. The molecule has 2 N–H and O–H groups in total. The summed E-state index contributed by atoms with van der Waals surface area (Å²) >= 11 is 6.94. The average molecular weight is 413 g/mol. The Labute approximate surface area is 151 Å². The SMILES string of the molecule is O=S(=O)(NCc1cc(Cl)ccc1Sc1ncccc1CO)C(F)(F)F. The van der Waals surface area contributed by atoms with E-state index in [0.29, 0.717) is 15.5 Å². The molecule has 0 amide bonds. The third-order valence-electron chi connectivity index (χ3n) is 3.01. The summed E-state index contributed by atoms with van der Waals surface area (Å²) in [5.41, 5.74) is -4.62. The molecular weight excluding hydrogens is 401 g/mol. The van der Waals surface area contributed by atoms with Gasteiger partial charge in [0, 0.05) is 28.2 Å². The molecule has 5 nitrogen and oxygen atoms in total. The fourth-order valence-corrected chi connectivity index (χ4v) is 3.47. The summed E-state index contributed by atoms with van der Waals surface area (Å²) in [6.07, 6.45) is 1.50. The number of aromatic nitrogens is 1. The number of nitrogens with one attached hydrogen (secondary N) is 1. The van der Waals surface area contributed by atoms with Crippen molar-refractivity contribution >= 4 is 33.4 Å². The van der Waals surface area contributed by atoms with Crippen molar-refractivity contribution in [1.82, 2.24) is 9.71 Å². The highest BCUT2D eigenvalue weighted by molar-refractivity contribution is 7.99. The Hall–Kier alpha value is -1.33. The van der Waals surface area contributed by atoms with Crippen LogP contribution in [0.1, 0.15) is 11.1 Å². The van der Waals surface area contributed by atoms with Crippen molar-refractivity contribution in [3.63, 3.8) is 0 Å². The number of benzene rings is 1. The molecule has 136 valence electrons. The number of rotatable bonds is 6. The van der Waals surface area contributed by atoms with E-state index in [1.54, 1.807) is 18.2 Å². The number of nitrogens with zero attached hydrogens (tertiary/aromatic N) is 1. The van der Waals surface area contributed by atoms with Crippen LogP contribution in [-0.4, -0.2) is 24.0 Å². The van der Waals surface area contributed by atoms with E-state index in [-0.39, 0.29) is 17.2 Å². The van der Waals surface area contributed by atoms with Crippen molar-refractivity contribution in [2.75, 3.05) is 0 Å². The molecule has 0 spiro atoms. The summed E-state index contributed by atoms with van der Waals surface area (Å²) in [4.78, 5) is 4.57. The Morgan fingerprint density at radius 3 is 2.60 bits per heavy atom. The molecule has 0 unspecified atom stereocenters. The highest BCUT2D eigenvalue weighted by Gasteiger charge is 2.45. The summed E-state index contributed by atoms with van der Waals surface area (Å²) in [6.45, 7) is -0.855. The number of pyridine rings is 1. The molecular formula is C14H12ClF3N2O3S2. The summed E-state index contributed by atoms with van der Waals surface area (Å²) in [5, 5.41) is 10.0. The quantitative estimate of drug-likeness (QED) is 0.761. The van der Waals surface area contributed by atoms with Crippen LogP contribution in [-0.2, 0) is 23.2 Å². The Morgan fingerprint density at radius 2 is 1.96 bits per heavy atom. The van der Waals surface area contributed by atoms with Gasteiger partial charge in [-0.2, -0.15) is 13.2 Å². The number of halogens is 4. The number of sulfonamides is 1. The molecule has 0 aliphatic rings. The zero-order valence-electron chi connectivity index (χ0n) is 12.4. The van der Waals surface area contributed by atoms with Crippen LogP contribution >= 0.6 is 23.4 Å². The van der Waals surface area contributed by atoms with Crippen LogP contribution in [0.25, 0.3) is 0 Å². The van der Waals surface area contributed by atoms with Gasteiger partial charge in [-0.05, 0) is 29.8 Å². The molecule has 0 aliphatic heterocycles. The Morgan fingerprint density at radius 1 is 1.24 bits per heavy atom. The van der Waals surface area contributed by atoms with E-state index in [2.05, 4.69) is 4.98 Å². The second-order valence-corrected chi connectivity index (χ2v) is 7.98. The van der Waals surface area contributed by atoms with Crippen molar-refractivity contribution in [2.24, 2.45) is 0 Å². The van der Waals surface area contributed by atoms with E-state index < -0.39 is 22.1 Å². The highest BCUT2D eigenvalue weighted by atomic mass is 35.5. The molecule has 1 aromatic carbocycles. The lowest BCUT2D eigenvalue weighted by Crippen LogP contribution is -2.36. The van der Waals surface area contributed by atoms with Crippen LogP contribution in [0.15, 0.2) is 46.5 Å². The van der Waals surface area contributed by atoms with Crippen LogP contribution in [0, 0.1) is 0 Å². The maximum atomic E-state index is 12.4. The second-order valence-electron chi connectivity index (χ2n) is 4.75. The summed E-state index contributed by atoms with van der Waals surface area (Å²) in [5.74, 6) is 0. The van der Waals surface area contributed by atoms with Gasteiger partial charge >= 0.3 is 15.5 Å². The van der Waals surface area contributed by atoms with Crippen molar-refractivity contribution in [3.05, 3.63) is 52.7 Å². The van der Waals surface area contributed by atoms with Gasteiger partial charge in [0.15, 0.2) is 0 Å². The molecule has 0 bridgehead atoms. The molecule has 2 rings (SSSR count). The maximum absolute atomic E-state index is 12.4. The Bertz CT molecular complexity index is 861. The lowest BCUT2D eigenvalue weighted by Gasteiger charge is -2.13. The molecule has 1 aromatic heterocycles. The van der Waals surface area contributed by atoms with E-state index in [1.807, 2.05) is 0 Å². The predicted molar refractivity (Wildman–Crippen MR) is 87.5 cm³/mol. The van der Waals surface area contributed by atoms with E-state index in [4.69, 9.17) is 11.6 Å². The first-order valence-electron chi connectivity index (χ1n) is 6.71. The monoisotopic (exact) mass is 412 g/mol. The van der Waals surface area contributed by atoms with Gasteiger partial charge in [0.05, 0.1) is 6.61 Å². The second kappa shape index (κ2) is 7.92. The fourth-order valence-electron chi connectivity index (χ4n) is 1.78. The molecule has 11 heteroatoms. The summed E-state index contributed by atoms with van der Waals surface area (Å²) in [7, 11) is -5.47. The maximum Gasteiger partial charge on any atom is 0.511 e. The predicted octanol–water partition coefficient (Wildman–Crippen LogP) is 3.32. The fraction of sp³-hybridized carbons (Fsp3) is 0.214. The molecule has 0 aliphatic carbocycles. The smallest absolute Gasteiger partial charge is 0.392 e. The van der Waals surface area contributed by atoms with E-state index in [0.717, 1.165) is 11.8 Å². The molecule has 2 aromatic rings. The van der Waals surface area contributed by atoms with Gasteiger partial charge in [-0.15, -0.1) is 0 Å². The van der Waals surface area contributed by atoms with Crippen LogP contribution < -0.4 is 4.72 Å². The van der Waals surface area contributed by atoms with Crippen molar-refractivity contribution in [2.45, 2.75) is 28.6 Å². The molecule has 25 heavy (non-hydrogen) atoms. The third-order valence-corrected chi connectivity index (χ3v) is 5.55. The molecule has 0 saturated carbocycles. The number of hydrogen-bond donors (Lipinski definition) is 2. The zero-order chi connectivity index (χ0) is 18.7. The van der Waals surface area contributed by atoms with Crippen LogP contribution in [0.5, 0.6) is 0 Å². The summed E-state index contributed by atoms with van der Waals surface area (Å²) < 4.78 is 61.1. The number of hydrogen-bond acceptors (Lipinski definition) is 5. The van der Waals surface area contributed by atoms with Crippen LogP contribution in [0.4, 0.5) is 13.2 Å². The molecule has 0 atom stereocenters. The lowest BCUT2D eigenvalue weighted by atomic mass is 10.2. The van der Waals surface area contributed by atoms with Gasteiger partial charge in [0.1, 0.15) is 5.03 Å². The first-order chi connectivity index (χ1) is 11.6. The topological polar surface area (TPSA) is 79.3 Å². The van der Waals surface area contributed by atoms with Crippen LogP contribution in [0.2, 0.25) is 5.02 Å². The van der Waals surface area contributed by atoms with Crippen molar-refractivity contribution in [1.29, 1.82) is 0 Å². The van der Waals surface area contributed by atoms with E-state index in [9.17, 15) is 26.7 Å². The van der Waals surface area contributed by atoms with Crippen molar-refractivity contribution < 1.29 is 26.7 Å². The van der Waals surface area contributed by atoms with Gasteiger partial charge in [-0.25, -0.2) is 18.1 Å². The first kappa shape index (κ1) is 20.0. The number of aliphatic hydroxyl groups is 1. The van der Waals surface area contributed by atoms with Gasteiger partial charge in [0.2, 0.25) is 0 Å². The van der Waals surface area contributed by atoms with Gasteiger partial charge in [-0.3, -0.25) is 0 Å². The lowest BCUT2D eigenvalue weighted by molar-refractivity contribution is -0.0448. The largest absolute Gasteiger partial charge is 0.511 e. The van der Waals surface area contributed by atoms with Gasteiger partial charge in [0.25, 0.3) is 0 Å². The Kier molecular flexibility index (Phi) is 6.33. The minimum absolute atomic E-state index is 0.244. The van der Waals surface area contributed by atoms with Gasteiger partial charge in [-0.1, -0.05) is 29.4 Å². The molecule has 1 heterocycles. The van der Waals surface area contributed by atoms with E-state index in [1.165, 1.54) is 23.1 Å². The molecule has 0 radical (unpaired) electrons. The third kappa shape index (κ3) is 5.08. The molecule has 0 fully saturated rings. The van der Waals surface area contributed by atoms with Crippen molar-refractivity contribution in [3.8, 4) is 0 Å². The van der Waals surface area contributed by atoms with Crippen LogP contribution in [0.3, 0.4) is 0 Å². The average Bonchev–Trinajstić information content (AvgIpc) is 2.54.